The molecule has 13 heteroatoms. The number of nitrogens with zero attached hydrogens (tertiary/aromatic N) is 2. The van der Waals surface area contributed by atoms with Crippen molar-refractivity contribution in [2.45, 2.75) is 57.0 Å². The lowest BCUT2D eigenvalue weighted by molar-refractivity contribution is -0.137. The highest BCUT2D eigenvalue weighted by atomic mass is 19.4. The van der Waals surface area contributed by atoms with Crippen LogP contribution in [0.4, 0.5) is 18.9 Å². The lowest BCUT2D eigenvalue weighted by Crippen LogP contribution is -2.48. The molecule has 1 unspecified atom stereocenters. The van der Waals surface area contributed by atoms with E-state index < -0.39 is 29.1 Å². The highest BCUT2D eigenvalue weighted by Gasteiger charge is 2.31. The van der Waals surface area contributed by atoms with Gasteiger partial charge in [-0.1, -0.05) is 24.3 Å². The van der Waals surface area contributed by atoms with Gasteiger partial charge in [0, 0.05) is 54.6 Å². The summed E-state index contributed by atoms with van der Waals surface area (Å²) in [6, 6.07) is 19.4. The normalized spacial score (nSPS) is 16.2. The number of Topliss-reactive ketones (excluding diaryl/α,β-unsaturated/α-hetero) is 1. The maximum atomic E-state index is 13.7. The van der Waals surface area contributed by atoms with Crippen LogP contribution < -0.4 is 21.1 Å². The molecule has 0 radical (unpaired) electrons. The number of carbonyl (C=O) groups is 3. The van der Waals surface area contributed by atoms with Crippen molar-refractivity contribution in [3.63, 3.8) is 0 Å². The van der Waals surface area contributed by atoms with Gasteiger partial charge in [-0.2, -0.15) is 13.2 Å². The summed E-state index contributed by atoms with van der Waals surface area (Å²) >= 11 is 0. The fourth-order valence-corrected chi connectivity index (χ4v) is 6.11. The number of ether oxygens (including phenoxy) is 2. The Hall–Kier alpha value is -5.11. The van der Waals surface area contributed by atoms with Crippen molar-refractivity contribution in [3.8, 4) is 17.0 Å². The van der Waals surface area contributed by atoms with Gasteiger partial charge in [-0.25, -0.2) is 0 Å². The number of nitrogens with one attached hydrogen (secondary N) is 2. The van der Waals surface area contributed by atoms with Gasteiger partial charge in [-0.3, -0.25) is 24.3 Å². The Morgan fingerprint density at radius 2 is 1.66 bits per heavy atom. The third kappa shape index (κ3) is 9.66. The van der Waals surface area contributed by atoms with Gasteiger partial charge in [0.25, 0.3) is 11.8 Å². The van der Waals surface area contributed by atoms with Crippen LogP contribution in [0.3, 0.4) is 0 Å². The third-order valence-electron chi connectivity index (χ3n) is 9.56. The summed E-state index contributed by atoms with van der Waals surface area (Å²) in [5.41, 5.74) is 6.86. The second kappa shape index (κ2) is 16.3. The van der Waals surface area contributed by atoms with Crippen LogP contribution >= 0.6 is 0 Å². The zero-order valence-electron chi connectivity index (χ0n) is 29.4. The molecule has 0 spiro atoms. The molecule has 1 aliphatic carbocycles. The number of carbonyl (C=O) groups excluding carboxylic acids is 3. The second-order valence-corrected chi connectivity index (χ2v) is 13.7. The number of anilines is 1. The van der Waals surface area contributed by atoms with Crippen molar-refractivity contribution in [1.29, 1.82) is 0 Å². The molecular formula is C40H42F3N5O5. The molecule has 2 aliphatic rings. The lowest BCUT2D eigenvalue weighted by Gasteiger charge is -2.30. The van der Waals surface area contributed by atoms with E-state index in [-0.39, 0.29) is 29.6 Å². The molecule has 1 atom stereocenters. The Morgan fingerprint density at radius 1 is 0.925 bits per heavy atom. The molecular weight excluding hydrogens is 687 g/mol. The van der Waals surface area contributed by atoms with Crippen LogP contribution in [0.2, 0.25) is 0 Å². The SMILES string of the molecule is CC(N)(CCN1CCOCC1)C(=O)c1cccc(C(=O)Nc2ccc(OC3CCC3)cc2-c2cc(C(=O)NCc3cccc(C(F)(F)F)c3)ccn2)c1. The van der Waals surface area contributed by atoms with Crippen LogP contribution in [-0.2, 0) is 17.5 Å². The topological polar surface area (TPSA) is 136 Å². The summed E-state index contributed by atoms with van der Waals surface area (Å²) < 4.78 is 51.1. The molecule has 2 amide bonds. The van der Waals surface area contributed by atoms with Gasteiger partial charge in [-0.05, 0) is 92.8 Å². The molecule has 1 saturated heterocycles. The van der Waals surface area contributed by atoms with Crippen molar-refractivity contribution in [1.82, 2.24) is 15.2 Å². The number of ketones is 1. The Labute approximate surface area is 305 Å². The summed E-state index contributed by atoms with van der Waals surface area (Å²) in [5.74, 6) is -0.700. The number of hydrogen-bond acceptors (Lipinski definition) is 8. The predicted molar refractivity (Wildman–Crippen MR) is 194 cm³/mol. The third-order valence-corrected chi connectivity index (χ3v) is 9.56. The Bertz CT molecular complexity index is 1960. The maximum Gasteiger partial charge on any atom is 0.416 e. The first-order valence-electron chi connectivity index (χ1n) is 17.6. The van der Waals surface area contributed by atoms with E-state index in [1.807, 2.05) is 0 Å². The number of amides is 2. The lowest BCUT2D eigenvalue weighted by atomic mass is 9.88. The highest BCUT2D eigenvalue weighted by Crippen LogP contribution is 2.34. The number of hydrogen-bond donors (Lipinski definition) is 3. The maximum absolute atomic E-state index is 13.7. The first-order valence-corrected chi connectivity index (χ1v) is 17.6. The smallest absolute Gasteiger partial charge is 0.416 e. The molecule has 4 aromatic rings. The van der Waals surface area contributed by atoms with Crippen molar-refractivity contribution in [2.75, 3.05) is 38.2 Å². The number of alkyl halides is 3. The molecule has 1 aliphatic heterocycles. The fourth-order valence-electron chi connectivity index (χ4n) is 6.11. The summed E-state index contributed by atoms with van der Waals surface area (Å²) in [6.07, 6.45) is 0.387. The van der Waals surface area contributed by atoms with E-state index in [9.17, 15) is 27.6 Å². The first kappa shape index (κ1) is 37.6. The highest BCUT2D eigenvalue weighted by molar-refractivity contribution is 6.09. The number of benzene rings is 3. The molecule has 6 rings (SSSR count). The van der Waals surface area contributed by atoms with Crippen molar-refractivity contribution < 1.29 is 37.0 Å². The zero-order chi connectivity index (χ0) is 37.6. The van der Waals surface area contributed by atoms with Crippen LogP contribution in [0.15, 0.2) is 85.1 Å². The minimum Gasteiger partial charge on any atom is -0.490 e. The summed E-state index contributed by atoms with van der Waals surface area (Å²) in [6.45, 7) is 5.09. The number of pyridine rings is 1. The first-order chi connectivity index (χ1) is 25.4. The molecule has 4 N–H and O–H groups in total. The standard InChI is InChI=1S/C40H42F3N5O5/c1-39(44,14-16-48-17-19-52-20-18-48)36(49)27-6-3-7-28(22-27)38(51)47-34-12-11-32(53-31-9-4-10-31)24-33(34)35-23-29(13-15-45-35)37(50)46-25-26-5-2-8-30(21-26)40(41,42)43/h2-3,5-8,11-13,15,21-24,31H,4,9-10,14,16-20,25,44H2,1H3,(H,46,50)(H,47,51). The molecule has 3 aromatic carbocycles. The number of halogens is 3. The number of rotatable bonds is 13. The van der Waals surface area contributed by atoms with Gasteiger partial charge in [0.15, 0.2) is 5.78 Å². The van der Waals surface area contributed by atoms with E-state index in [0.29, 0.717) is 60.0 Å². The molecule has 278 valence electrons. The quantitative estimate of drug-likeness (QED) is 0.133. The average molecular weight is 730 g/mol. The van der Waals surface area contributed by atoms with Gasteiger partial charge in [0.1, 0.15) is 5.75 Å². The van der Waals surface area contributed by atoms with E-state index in [1.54, 1.807) is 43.3 Å². The van der Waals surface area contributed by atoms with Crippen LogP contribution in [0, 0.1) is 0 Å². The van der Waals surface area contributed by atoms with Gasteiger partial charge >= 0.3 is 6.18 Å². The van der Waals surface area contributed by atoms with Gasteiger partial charge in [-0.15, -0.1) is 0 Å². The van der Waals surface area contributed by atoms with Gasteiger partial charge in [0.05, 0.1) is 41.8 Å². The fraction of sp³-hybridized carbons (Fsp3) is 0.350. The molecule has 53 heavy (non-hydrogen) atoms. The molecule has 2 heterocycles. The van der Waals surface area contributed by atoms with Crippen LogP contribution in [0.5, 0.6) is 5.75 Å². The summed E-state index contributed by atoms with van der Waals surface area (Å²) in [5, 5.41) is 5.60. The second-order valence-electron chi connectivity index (χ2n) is 13.7. The summed E-state index contributed by atoms with van der Waals surface area (Å²) in [4.78, 5) is 47.1. The van der Waals surface area contributed by atoms with Crippen molar-refractivity contribution in [2.24, 2.45) is 5.73 Å². The largest absolute Gasteiger partial charge is 0.490 e. The Balaban J connectivity index is 1.20. The summed E-state index contributed by atoms with van der Waals surface area (Å²) in [7, 11) is 0. The van der Waals surface area contributed by atoms with E-state index in [0.717, 1.165) is 44.5 Å². The Morgan fingerprint density at radius 3 is 2.40 bits per heavy atom. The molecule has 2 fully saturated rings. The van der Waals surface area contributed by atoms with Crippen LogP contribution in [0.25, 0.3) is 11.3 Å². The Kier molecular flexibility index (Phi) is 11.6. The predicted octanol–water partition coefficient (Wildman–Crippen LogP) is 6.50. The monoisotopic (exact) mass is 729 g/mol. The van der Waals surface area contributed by atoms with E-state index in [1.165, 1.54) is 36.5 Å². The van der Waals surface area contributed by atoms with E-state index in [4.69, 9.17) is 15.2 Å². The molecule has 10 nitrogen and oxygen atoms in total. The van der Waals surface area contributed by atoms with Gasteiger partial charge in [0.2, 0.25) is 0 Å². The number of nitrogens with two attached hydrogens (primary N) is 1. The van der Waals surface area contributed by atoms with Crippen LogP contribution in [0.1, 0.15) is 74.8 Å². The van der Waals surface area contributed by atoms with Crippen LogP contribution in [-0.4, -0.2) is 72.0 Å². The van der Waals surface area contributed by atoms with Gasteiger partial charge < -0.3 is 25.8 Å². The average Bonchev–Trinajstić information content (AvgIpc) is 3.15. The number of morpholine rings is 1. The van der Waals surface area contributed by atoms with E-state index in [2.05, 4.69) is 20.5 Å². The molecule has 1 aromatic heterocycles. The minimum absolute atomic E-state index is 0.0755. The van der Waals surface area contributed by atoms with Crippen molar-refractivity contribution in [3.05, 3.63) is 113 Å². The molecule has 1 saturated carbocycles. The zero-order valence-corrected chi connectivity index (χ0v) is 29.4. The minimum atomic E-state index is -4.50. The van der Waals surface area contributed by atoms with Crippen molar-refractivity contribution >= 4 is 23.3 Å². The molecule has 0 bridgehead atoms. The van der Waals surface area contributed by atoms with E-state index >= 15 is 0 Å². The number of aromatic nitrogens is 1.